The molecule has 0 aromatic heterocycles. The van der Waals surface area contributed by atoms with Gasteiger partial charge in [0, 0.05) is 6.42 Å². The average molecular weight is 512 g/mol. The summed E-state index contributed by atoms with van der Waals surface area (Å²) in [7, 11) is -4.59. The fourth-order valence-corrected chi connectivity index (χ4v) is 5.04. The van der Waals surface area contributed by atoms with Crippen molar-refractivity contribution in [1.29, 1.82) is 0 Å². The Labute approximate surface area is 228 Å². The molecule has 192 valence electrons. The number of quaternary nitrogens is 1. The third-order valence-corrected chi connectivity index (χ3v) is 6.95. The Morgan fingerprint density at radius 2 is 1.68 bits per heavy atom. The standard InChI is InChI=1S/C24H44N2O6S.Na/c1-2-3-4-5-6-7-8-9-10-11-12-13-14-15-23(29)24-25-16-17-26(24,18-19-27)20-22(28)21-33(30,31)32;/h12-13,22,27-28H,2-11,14-21H2,1H3;/q;+1/b13-12+;. The molecule has 8 nitrogen and oxygen atoms in total. The normalized spacial score (nSPS) is 19.2. The van der Waals surface area contributed by atoms with Crippen LogP contribution in [0, 0.1) is 0 Å². The molecule has 10 heteroatoms. The Bertz CT molecular complexity index is 729. The number of nitrogens with zero attached hydrogens (tertiary/aromatic N) is 2. The van der Waals surface area contributed by atoms with Crippen molar-refractivity contribution in [3.8, 4) is 0 Å². The van der Waals surface area contributed by atoms with Gasteiger partial charge in [-0.25, -0.2) is 13.4 Å². The van der Waals surface area contributed by atoms with Crippen molar-refractivity contribution in [2.45, 2.75) is 90.1 Å². The minimum absolute atomic E-state index is 0. The molecule has 0 fully saturated rings. The minimum atomic E-state index is -4.59. The van der Waals surface area contributed by atoms with E-state index in [1.54, 1.807) is 0 Å². The fraction of sp³-hybridized carbons (Fsp3) is 0.833. The number of amidine groups is 1. The predicted octanol–water partition coefficient (Wildman–Crippen LogP) is -0.0559. The van der Waals surface area contributed by atoms with Gasteiger partial charge >= 0.3 is 29.6 Å². The summed E-state index contributed by atoms with van der Waals surface area (Å²) in [6.07, 6.45) is 16.2. The fourth-order valence-electron chi connectivity index (χ4n) is 4.46. The summed E-state index contributed by atoms with van der Waals surface area (Å²) in [6, 6.07) is 0. The topological polar surface area (TPSA) is 127 Å². The number of aliphatic hydroxyl groups excluding tert-OH is 2. The van der Waals surface area contributed by atoms with Crippen molar-refractivity contribution >= 4 is 21.7 Å². The summed E-state index contributed by atoms with van der Waals surface area (Å²) in [5.41, 5.74) is 0. The molecule has 0 saturated carbocycles. The van der Waals surface area contributed by atoms with E-state index in [2.05, 4.69) is 18.0 Å². The second-order valence-corrected chi connectivity index (χ2v) is 10.6. The molecule has 1 heterocycles. The molecule has 2 unspecified atom stereocenters. The van der Waals surface area contributed by atoms with Crippen LogP contribution in [-0.4, -0.2) is 83.9 Å². The van der Waals surface area contributed by atoms with Gasteiger partial charge in [-0.1, -0.05) is 70.4 Å². The average Bonchev–Trinajstić information content (AvgIpc) is 3.13. The van der Waals surface area contributed by atoms with E-state index < -0.39 is 22.0 Å². The zero-order valence-corrected chi connectivity index (χ0v) is 24.1. The summed E-state index contributed by atoms with van der Waals surface area (Å²) in [4.78, 5) is 17.1. The van der Waals surface area contributed by atoms with Crippen LogP contribution in [0.1, 0.15) is 84.0 Å². The van der Waals surface area contributed by atoms with Crippen LogP contribution in [0.3, 0.4) is 0 Å². The van der Waals surface area contributed by atoms with Gasteiger partial charge in [0.2, 0.25) is 5.78 Å². The van der Waals surface area contributed by atoms with Gasteiger partial charge in [-0.05, 0) is 19.3 Å². The molecule has 0 saturated heterocycles. The minimum Gasteiger partial charge on any atom is -0.748 e. The van der Waals surface area contributed by atoms with E-state index in [0.717, 1.165) is 12.8 Å². The molecule has 1 rings (SSSR count). The number of allylic oxidation sites excluding steroid dienone is 2. The molecule has 2 atom stereocenters. The van der Waals surface area contributed by atoms with E-state index in [0.29, 0.717) is 19.5 Å². The number of Topliss-reactive ketones (excluding diaryl/α,β-unsaturated/α-hetero) is 1. The first-order valence-corrected chi connectivity index (χ1v) is 14.1. The zero-order chi connectivity index (χ0) is 24.6. The Hall–Kier alpha value is -0.130. The quantitative estimate of drug-likeness (QED) is 0.0775. The van der Waals surface area contributed by atoms with Crippen LogP contribution in [0.5, 0.6) is 0 Å². The third kappa shape index (κ3) is 14.4. The Balaban J connectivity index is 0.0000109. The van der Waals surface area contributed by atoms with Crippen molar-refractivity contribution in [2.75, 3.05) is 38.5 Å². The first-order valence-electron chi connectivity index (χ1n) is 12.6. The Morgan fingerprint density at radius 1 is 1.09 bits per heavy atom. The molecule has 1 aliphatic heterocycles. The maximum absolute atomic E-state index is 12.8. The van der Waals surface area contributed by atoms with Crippen molar-refractivity contribution in [3.05, 3.63) is 12.2 Å². The number of carbonyl (C=O) groups excluding carboxylic acids is 1. The predicted molar refractivity (Wildman–Crippen MR) is 130 cm³/mol. The van der Waals surface area contributed by atoms with Gasteiger partial charge in [-0.2, -0.15) is 0 Å². The van der Waals surface area contributed by atoms with E-state index in [9.17, 15) is 28.0 Å². The maximum atomic E-state index is 12.8. The Morgan fingerprint density at radius 3 is 2.26 bits per heavy atom. The van der Waals surface area contributed by atoms with Crippen molar-refractivity contribution < 1.29 is 62.0 Å². The van der Waals surface area contributed by atoms with Gasteiger partial charge < -0.3 is 14.8 Å². The van der Waals surface area contributed by atoms with E-state index in [4.69, 9.17) is 0 Å². The van der Waals surface area contributed by atoms with Crippen LogP contribution in [0.4, 0.5) is 0 Å². The van der Waals surface area contributed by atoms with Gasteiger partial charge in [0.15, 0.2) is 0 Å². The molecule has 2 N–H and O–H groups in total. The van der Waals surface area contributed by atoms with Gasteiger partial charge in [0.05, 0.1) is 29.0 Å². The molecule has 0 spiro atoms. The SMILES string of the molecule is CCCCCCCCCCC/C=C/CCC(=O)C1=NCC[N+]1(CCO)CC(O)CS(=O)(=O)[O-].[Na+]. The number of ketones is 1. The summed E-state index contributed by atoms with van der Waals surface area (Å²) < 4.78 is 32.8. The molecular weight excluding hydrogens is 467 g/mol. The Kier molecular flexibility index (Phi) is 19.0. The number of unbranched alkanes of at least 4 members (excludes halogenated alkanes) is 9. The molecule has 0 amide bonds. The van der Waals surface area contributed by atoms with Crippen molar-refractivity contribution in [2.24, 2.45) is 4.99 Å². The van der Waals surface area contributed by atoms with Crippen molar-refractivity contribution in [3.63, 3.8) is 0 Å². The molecule has 0 radical (unpaired) electrons. The van der Waals surface area contributed by atoms with Gasteiger partial charge in [-0.15, -0.1) is 0 Å². The number of carbonyl (C=O) groups is 1. The van der Waals surface area contributed by atoms with Gasteiger partial charge in [0.25, 0.3) is 5.84 Å². The molecule has 0 bridgehead atoms. The summed E-state index contributed by atoms with van der Waals surface area (Å²) in [5, 5.41) is 19.6. The first kappa shape index (κ1) is 33.9. The molecule has 0 aromatic carbocycles. The number of rotatable bonds is 20. The molecule has 34 heavy (non-hydrogen) atoms. The van der Waals surface area contributed by atoms with Crippen LogP contribution >= 0.6 is 0 Å². The maximum Gasteiger partial charge on any atom is 1.00 e. The van der Waals surface area contributed by atoms with E-state index in [1.165, 1.54) is 51.4 Å². The molecular formula is C24H44N2NaO6S+. The van der Waals surface area contributed by atoms with Crippen LogP contribution in [0.15, 0.2) is 17.1 Å². The van der Waals surface area contributed by atoms with Gasteiger partial charge in [0.1, 0.15) is 25.7 Å². The first-order chi connectivity index (χ1) is 15.7. The van der Waals surface area contributed by atoms with Crippen LogP contribution in [0.2, 0.25) is 0 Å². The second-order valence-electron chi connectivity index (χ2n) is 9.13. The van der Waals surface area contributed by atoms with Crippen LogP contribution in [0.25, 0.3) is 0 Å². The molecule has 0 aliphatic carbocycles. The number of hydrogen-bond donors (Lipinski definition) is 2. The molecule has 0 aromatic rings. The zero-order valence-electron chi connectivity index (χ0n) is 21.3. The van der Waals surface area contributed by atoms with Crippen LogP contribution in [-0.2, 0) is 14.9 Å². The number of hydrogen-bond acceptors (Lipinski definition) is 7. The van der Waals surface area contributed by atoms with Crippen molar-refractivity contribution in [1.82, 2.24) is 0 Å². The summed E-state index contributed by atoms with van der Waals surface area (Å²) >= 11 is 0. The monoisotopic (exact) mass is 511 g/mol. The largest absolute Gasteiger partial charge is 1.00 e. The van der Waals surface area contributed by atoms with E-state index in [1.807, 2.05) is 6.08 Å². The summed E-state index contributed by atoms with van der Waals surface area (Å²) in [6.45, 7) is 2.78. The second kappa shape index (κ2) is 19.0. The summed E-state index contributed by atoms with van der Waals surface area (Å²) in [5.74, 6) is -0.814. The smallest absolute Gasteiger partial charge is 0.748 e. The number of aliphatic imine (C=N–C) groups is 1. The third-order valence-electron chi connectivity index (χ3n) is 6.15. The molecule has 1 aliphatic rings. The van der Waals surface area contributed by atoms with Crippen LogP contribution < -0.4 is 29.6 Å². The van der Waals surface area contributed by atoms with E-state index in [-0.39, 0.29) is 71.8 Å². The van der Waals surface area contributed by atoms with E-state index >= 15 is 0 Å². The van der Waals surface area contributed by atoms with Gasteiger partial charge in [-0.3, -0.25) is 9.28 Å². The number of aliphatic hydroxyl groups is 2.